The number of hydrogen-bond acceptors (Lipinski definition) is 1. The fourth-order valence-corrected chi connectivity index (χ4v) is 2.60. The van der Waals surface area contributed by atoms with E-state index in [2.05, 4.69) is 12.1 Å². The molecule has 0 radical (unpaired) electrons. The van der Waals surface area contributed by atoms with E-state index in [1.165, 1.54) is 5.19 Å². The summed E-state index contributed by atoms with van der Waals surface area (Å²) in [5.41, 5.74) is 0. The van der Waals surface area contributed by atoms with Crippen molar-refractivity contribution in [1.29, 1.82) is 0 Å². The summed E-state index contributed by atoms with van der Waals surface area (Å²) >= 11 is 0. The highest BCUT2D eigenvalue weighted by Gasteiger charge is 2.13. The van der Waals surface area contributed by atoms with Crippen LogP contribution in [0.4, 0.5) is 0 Å². The molecule has 0 saturated carbocycles. The fourth-order valence-electron chi connectivity index (χ4n) is 1.10. The van der Waals surface area contributed by atoms with Crippen LogP contribution >= 0.6 is 0 Å². The van der Waals surface area contributed by atoms with Gasteiger partial charge in [0, 0.05) is 5.22 Å². The first kappa shape index (κ1) is 8.49. The Balaban J connectivity index is 2.66. The summed E-state index contributed by atoms with van der Waals surface area (Å²) in [4.78, 5) is 0. The molecule has 1 aromatic rings. The van der Waals surface area contributed by atoms with E-state index < -0.39 is 14.7 Å². The molecule has 0 unspecified atom stereocenters. The van der Waals surface area contributed by atoms with E-state index in [0.717, 1.165) is 0 Å². The van der Waals surface area contributed by atoms with Crippen LogP contribution in [0.3, 0.4) is 0 Å². The molecule has 0 heterocycles. The Hall–Kier alpha value is -0.603. The van der Waals surface area contributed by atoms with E-state index in [1.807, 2.05) is 32.0 Å². The van der Waals surface area contributed by atoms with Crippen LogP contribution in [0.2, 0.25) is 0 Å². The highest BCUT2D eigenvalue weighted by atomic mass is 28.2. The Morgan fingerprint density at radius 2 is 1.73 bits per heavy atom. The van der Waals surface area contributed by atoms with Crippen molar-refractivity contribution in [3.05, 3.63) is 30.3 Å². The molecule has 0 fully saturated rings. The molecule has 1 nitrogen and oxygen atoms in total. The molecule has 1 N–H and O–H groups in total. The third-order valence-corrected chi connectivity index (χ3v) is 3.22. The molecular formula is C9H14OSi. The van der Waals surface area contributed by atoms with Crippen LogP contribution in [-0.2, 0) is 0 Å². The second-order valence-electron chi connectivity index (χ2n) is 3.47. The lowest BCUT2D eigenvalue weighted by Gasteiger charge is -2.15. The van der Waals surface area contributed by atoms with E-state index in [0.29, 0.717) is 0 Å². The van der Waals surface area contributed by atoms with Crippen molar-refractivity contribution in [3.63, 3.8) is 0 Å². The normalized spacial score (nSPS) is 12.6. The monoisotopic (exact) mass is 166 g/mol. The molecule has 0 spiro atoms. The zero-order valence-electron chi connectivity index (χ0n) is 7.04. The highest BCUT2D eigenvalue weighted by Crippen LogP contribution is 1.97. The molecule has 0 amide bonds. The van der Waals surface area contributed by atoms with Crippen molar-refractivity contribution in [1.82, 2.24) is 0 Å². The van der Waals surface area contributed by atoms with Gasteiger partial charge in [0.25, 0.3) is 0 Å². The number of benzene rings is 1. The maximum atomic E-state index is 9.53. The summed E-state index contributed by atoms with van der Waals surface area (Å²) in [7, 11) is -0.518. The molecule has 0 saturated heterocycles. The van der Waals surface area contributed by atoms with Gasteiger partial charge >= 0.3 is 0 Å². The van der Waals surface area contributed by atoms with Crippen LogP contribution in [-0.4, -0.2) is 19.9 Å². The SMILES string of the molecule is CC(C)(O)[SiH2]c1ccccc1. The molecule has 60 valence electrons. The Morgan fingerprint density at radius 1 is 1.18 bits per heavy atom. The summed E-state index contributed by atoms with van der Waals surface area (Å²) in [6, 6.07) is 10.2. The second kappa shape index (κ2) is 3.20. The molecule has 0 aliphatic carbocycles. The van der Waals surface area contributed by atoms with Gasteiger partial charge in [-0.25, -0.2) is 0 Å². The molecule has 11 heavy (non-hydrogen) atoms. The summed E-state index contributed by atoms with van der Waals surface area (Å²) in [5, 5.41) is 10.4. The molecule has 0 bridgehead atoms. The van der Waals surface area contributed by atoms with Gasteiger partial charge in [-0.2, -0.15) is 0 Å². The standard InChI is InChI=1S/C9H14OSi/c1-9(2,10)11-8-6-4-3-5-7-8/h3-7,10H,11H2,1-2H3. The topological polar surface area (TPSA) is 20.2 Å². The van der Waals surface area contributed by atoms with E-state index in [-0.39, 0.29) is 0 Å². The minimum absolute atomic E-state index is 0.457. The lowest BCUT2D eigenvalue weighted by atomic mass is 10.4. The van der Waals surface area contributed by atoms with Crippen LogP contribution in [0.25, 0.3) is 0 Å². The highest BCUT2D eigenvalue weighted by molar-refractivity contribution is 6.56. The molecule has 0 aliphatic rings. The van der Waals surface area contributed by atoms with Crippen LogP contribution < -0.4 is 5.19 Å². The Bertz CT molecular complexity index is 213. The fraction of sp³-hybridized carbons (Fsp3) is 0.333. The van der Waals surface area contributed by atoms with Gasteiger partial charge in [0.1, 0.15) is 0 Å². The first-order valence-electron chi connectivity index (χ1n) is 3.84. The molecule has 2 heteroatoms. The van der Waals surface area contributed by atoms with Crippen molar-refractivity contribution in [2.24, 2.45) is 0 Å². The van der Waals surface area contributed by atoms with Crippen molar-refractivity contribution >= 4 is 14.7 Å². The summed E-state index contributed by atoms with van der Waals surface area (Å²) < 4.78 is 0. The number of aliphatic hydroxyl groups is 1. The minimum Gasteiger partial charge on any atom is -0.394 e. The molecule has 0 aliphatic heterocycles. The molecular weight excluding hydrogens is 152 g/mol. The van der Waals surface area contributed by atoms with E-state index in [1.54, 1.807) is 0 Å². The minimum atomic E-state index is -0.518. The van der Waals surface area contributed by atoms with Gasteiger partial charge in [0.15, 0.2) is 0 Å². The zero-order chi connectivity index (χ0) is 8.32. The number of hydrogen-bond donors (Lipinski definition) is 1. The Labute approximate surface area is 69.9 Å². The first-order valence-corrected chi connectivity index (χ1v) is 5.26. The summed E-state index contributed by atoms with van der Waals surface area (Å²) in [6.45, 7) is 3.76. The van der Waals surface area contributed by atoms with E-state index in [4.69, 9.17) is 0 Å². The first-order chi connectivity index (χ1) is 5.08. The van der Waals surface area contributed by atoms with Gasteiger partial charge in [-0.1, -0.05) is 35.5 Å². The van der Waals surface area contributed by atoms with Gasteiger partial charge in [-0.15, -0.1) is 0 Å². The van der Waals surface area contributed by atoms with Crippen molar-refractivity contribution in [3.8, 4) is 0 Å². The van der Waals surface area contributed by atoms with Crippen LogP contribution in [0.5, 0.6) is 0 Å². The molecule has 0 atom stereocenters. The van der Waals surface area contributed by atoms with Crippen molar-refractivity contribution < 1.29 is 5.11 Å². The van der Waals surface area contributed by atoms with Gasteiger partial charge in [-0.05, 0) is 13.8 Å². The lowest BCUT2D eigenvalue weighted by Crippen LogP contribution is -2.36. The maximum absolute atomic E-state index is 9.53. The Morgan fingerprint density at radius 3 is 2.18 bits per heavy atom. The third kappa shape index (κ3) is 3.35. The lowest BCUT2D eigenvalue weighted by molar-refractivity contribution is 0.167. The largest absolute Gasteiger partial charge is 0.394 e. The average Bonchev–Trinajstić information content (AvgIpc) is 1.85. The van der Waals surface area contributed by atoms with Gasteiger partial charge in [-0.3, -0.25) is 0 Å². The van der Waals surface area contributed by atoms with Crippen molar-refractivity contribution in [2.75, 3.05) is 0 Å². The Kier molecular flexibility index (Phi) is 2.47. The predicted octanol–water partition coefficient (Wildman–Crippen LogP) is 0.209. The zero-order valence-corrected chi connectivity index (χ0v) is 8.46. The van der Waals surface area contributed by atoms with Gasteiger partial charge in [0.05, 0.1) is 9.52 Å². The van der Waals surface area contributed by atoms with E-state index >= 15 is 0 Å². The maximum Gasteiger partial charge on any atom is 0.0915 e. The summed E-state index contributed by atoms with van der Waals surface area (Å²) in [6.07, 6.45) is 0. The quantitative estimate of drug-likeness (QED) is 0.623. The molecule has 0 aromatic heterocycles. The smallest absolute Gasteiger partial charge is 0.0915 e. The van der Waals surface area contributed by atoms with Gasteiger partial charge < -0.3 is 5.11 Å². The number of rotatable bonds is 2. The van der Waals surface area contributed by atoms with Crippen LogP contribution in [0.15, 0.2) is 30.3 Å². The average molecular weight is 166 g/mol. The van der Waals surface area contributed by atoms with Crippen molar-refractivity contribution in [2.45, 2.75) is 19.1 Å². The molecule has 1 aromatic carbocycles. The molecule has 1 rings (SSSR count). The van der Waals surface area contributed by atoms with Gasteiger partial charge in [0.2, 0.25) is 0 Å². The predicted molar refractivity (Wildman–Crippen MR) is 50.9 cm³/mol. The van der Waals surface area contributed by atoms with E-state index in [9.17, 15) is 5.11 Å². The van der Waals surface area contributed by atoms with Crippen LogP contribution in [0.1, 0.15) is 13.8 Å². The second-order valence-corrected chi connectivity index (χ2v) is 6.38. The van der Waals surface area contributed by atoms with Crippen LogP contribution in [0, 0.1) is 0 Å². The summed E-state index contributed by atoms with van der Waals surface area (Å²) in [5.74, 6) is 0. The third-order valence-electron chi connectivity index (χ3n) is 1.48.